The molecule has 19 heavy (non-hydrogen) atoms. The number of hydrogen-bond acceptors (Lipinski definition) is 1. The third-order valence-electron chi connectivity index (χ3n) is 3.19. The lowest BCUT2D eigenvalue weighted by Gasteiger charge is -2.09. The summed E-state index contributed by atoms with van der Waals surface area (Å²) in [5.41, 5.74) is 2.43. The number of rotatable bonds is 4. The standard InChI is InChI=1S/C16H15BrN2/c17-14-5-3-6-15(12-14)18-9-11-19-10-8-13-4-1-2-7-16(13)19/h1-8,10,12,18H,9,11H2. The molecule has 2 nitrogen and oxygen atoms in total. The van der Waals surface area contributed by atoms with E-state index in [9.17, 15) is 0 Å². The number of para-hydroxylation sites is 1. The molecular formula is C16H15BrN2. The van der Waals surface area contributed by atoms with Crippen molar-refractivity contribution in [2.75, 3.05) is 11.9 Å². The second-order valence-electron chi connectivity index (χ2n) is 4.51. The Labute approximate surface area is 121 Å². The zero-order chi connectivity index (χ0) is 13.1. The molecule has 0 saturated heterocycles. The van der Waals surface area contributed by atoms with Gasteiger partial charge in [-0.05, 0) is 35.7 Å². The van der Waals surface area contributed by atoms with Gasteiger partial charge in [-0.25, -0.2) is 0 Å². The van der Waals surface area contributed by atoms with Gasteiger partial charge in [-0.3, -0.25) is 0 Å². The Morgan fingerprint density at radius 1 is 1.00 bits per heavy atom. The average molecular weight is 315 g/mol. The molecule has 2 aromatic carbocycles. The summed E-state index contributed by atoms with van der Waals surface area (Å²) in [7, 11) is 0. The number of halogens is 1. The highest BCUT2D eigenvalue weighted by Crippen LogP contribution is 2.17. The van der Waals surface area contributed by atoms with Gasteiger partial charge in [0.25, 0.3) is 0 Å². The Kier molecular flexibility index (Phi) is 3.56. The number of nitrogens with one attached hydrogen (secondary N) is 1. The number of anilines is 1. The lowest BCUT2D eigenvalue weighted by molar-refractivity contribution is 0.757. The Morgan fingerprint density at radius 2 is 1.89 bits per heavy atom. The summed E-state index contributed by atoms with van der Waals surface area (Å²) in [6.07, 6.45) is 2.15. The van der Waals surface area contributed by atoms with Crippen molar-refractivity contribution in [1.82, 2.24) is 4.57 Å². The van der Waals surface area contributed by atoms with E-state index < -0.39 is 0 Å². The van der Waals surface area contributed by atoms with E-state index in [1.165, 1.54) is 10.9 Å². The first-order valence-electron chi connectivity index (χ1n) is 6.36. The van der Waals surface area contributed by atoms with Gasteiger partial charge in [-0.15, -0.1) is 0 Å². The van der Waals surface area contributed by atoms with Crippen LogP contribution in [0.5, 0.6) is 0 Å². The molecule has 0 fully saturated rings. The van der Waals surface area contributed by atoms with Crippen LogP contribution < -0.4 is 5.32 Å². The number of aromatic nitrogens is 1. The quantitative estimate of drug-likeness (QED) is 0.749. The largest absolute Gasteiger partial charge is 0.383 e. The van der Waals surface area contributed by atoms with Crippen LogP contribution in [0.2, 0.25) is 0 Å². The van der Waals surface area contributed by atoms with E-state index in [0.717, 1.165) is 23.2 Å². The average Bonchev–Trinajstić information content (AvgIpc) is 2.83. The third kappa shape index (κ3) is 2.82. The minimum absolute atomic E-state index is 0.912. The Morgan fingerprint density at radius 3 is 2.79 bits per heavy atom. The first-order chi connectivity index (χ1) is 9.33. The van der Waals surface area contributed by atoms with E-state index in [-0.39, 0.29) is 0 Å². The minimum atomic E-state index is 0.912. The highest BCUT2D eigenvalue weighted by atomic mass is 79.9. The molecule has 0 aliphatic rings. The molecule has 1 heterocycles. The van der Waals surface area contributed by atoms with Crippen LogP contribution in [0.1, 0.15) is 0 Å². The van der Waals surface area contributed by atoms with Gasteiger partial charge in [0.1, 0.15) is 0 Å². The van der Waals surface area contributed by atoms with Gasteiger partial charge >= 0.3 is 0 Å². The zero-order valence-corrected chi connectivity index (χ0v) is 12.1. The van der Waals surface area contributed by atoms with E-state index in [4.69, 9.17) is 0 Å². The summed E-state index contributed by atoms with van der Waals surface area (Å²) in [4.78, 5) is 0. The van der Waals surface area contributed by atoms with Crippen LogP contribution in [0.4, 0.5) is 5.69 Å². The molecule has 3 heteroatoms. The molecule has 1 aromatic heterocycles. The van der Waals surface area contributed by atoms with Crippen molar-refractivity contribution in [2.45, 2.75) is 6.54 Å². The van der Waals surface area contributed by atoms with Gasteiger partial charge in [0.15, 0.2) is 0 Å². The van der Waals surface area contributed by atoms with Crippen molar-refractivity contribution in [3.05, 3.63) is 65.3 Å². The van der Waals surface area contributed by atoms with Crippen LogP contribution in [0.3, 0.4) is 0 Å². The predicted octanol–water partition coefficient (Wildman–Crippen LogP) is 4.52. The molecular weight excluding hydrogens is 300 g/mol. The van der Waals surface area contributed by atoms with Crippen LogP contribution in [0, 0.1) is 0 Å². The fraction of sp³-hybridized carbons (Fsp3) is 0.125. The van der Waals surface area contributed by atoms with Gasteiger partial charge in [0.05, 0.1) is 0 Å². The normalized spacial score (nSPS) is 10.8. The first kappa shape index (κ1) is 12.3. The molecule has 3 rings (SSSR count). The summed E-state index contributed by atoms with van der Waals surface area (Å²) in [5, 5.41) is 4.73. The SMILES string of the molecule is Brc1cccc(NCCn2ccc3ccccc32)c1. The first-order valence-corrected chi connectivity index (χ1v) is 7.15. The van der Waals surface area contributed by atoms with Crippen LogP contribution >= 0.6 is 15.9 Å². The maximum absolute atomic E-state index is 3.48. The molecule has 0 spiro atoms. The number of benzene rings is 2. The molecule has 3 aromatic rings. The van der Waals surface area contributed by atoms with E-state index in [2.05, 4.69) is 74.5 Å². The molecule has 0 atom stereocenters. The number of fused-ring (bicyclic) bond motifs is 1. The summed E-state index contributed by atoms with van der Waals surface area (Å²) in [5.74, 6) is 0. The van der Waals surface area contributed by atoms with Gasteiger partial charge in [-0.1, -0.05) is 40.2 Å². The molecule has 0 aliphatic heterocycles. The summed E-state index contributed by atoms with van der Waals surface area (Å²) >= 11 is 3.48. The van der Waals surface area contributed by atoms with Crippen molar-refractivity contribution in [3.63, 3.8) is 0 Å². The highest BCUT2D eigenvalue weighted by molar-refractivity contribution is 9.10. The third-order valence-corrected chi connectivity index (χ3v) is 3.68. The second-order valence-corrected chi connectivity index (χ2v) is 5.42. The van der Waals surface area contributed by atoms with E-state index in [1.54, 1.807) is 0 Å². The van der Waals surface area contributed by atoms with Crippen LogP contribution in [0.25, 0.3) is 10.9 Å². The van der Waals surface area contributed by atoms with Crippen molar-refractivity contribution >= 4 is 32.5 Å². The van der Waals surface area contributed by atoms with Crippen molar-refractivity contribution < 1.29 is 0 Å². The fourth-order valence-corrected chi connectivity index (χ4v) is 2.65. The van der Waals surface area contributed by atoms with Crippen LogP contribution in [-0.2, 0) is 6.54 Å². The Balaban J connectivity index is 1.66. The van der Waals surface area contributed by atoms with Gasteiger partial charge in [-0.2, -0.15) is 0 Å². The molecule has 0 saturated carbocycles. The van der Waals surface area contributed by atoms with Crippen molar-refractivity contribution in [1.29, 1.82) is 0 Å². The smallest absolute Gasteiger partial charge is 0.0480 e. The summed E-state index contributed by atoms with van der Waals surface area (Å²) < 4.78 is 3.38. The maximum Gasteiger partial charge on any atom is 0.0480 e. The van der Waals surface area contributed by atoms with E-state index in [0.29, 0.717) is 0 Å². The molecule has 1 N–H and O–H groups in total. The van der Waals surface area contributed by atoms with Gasteiger partial charge < -0.3 is 9.88 Å². The van der Waals surface area contributed by atoms with Gasteiger partial charge in [0.2, 0.25) is 0 Å². The Bertz CT molecular complexity index is 688. The van der Waals surface area contributed by atoms with E-state index >= 15 is 0 Å². The number of nitrogens with zero attached hydrogens (tertiary/aromatic N) is 1. The number of hydrogen-bond donors (Lipinski definition) is 1. The van der Waals surface area contributed by atoms with Crippen molar-refractivity contribution in [2.24, 2.45) is 0 Å². The predicted molar refractivity (Wildman–Crippen MR) is 84.6 cm³/mol. The van der Waals surface area contributed by atoms with Crippen LogP contribution in [-0.4, -0.2) is 11.1 Å². The monoisotopic (exact) mass is 314 g/mol. The fourth-order valence-electron chi connectivity index (χ4n) is 2.25. The maximum atomic E-state index is 3.48. The topological polar surface area (TPSA) is 17.0 Å². The van der Waals surface area contributed by atoms with Crippen molar-refractivity contribution in [3.8, 4) is 0 Å². The highest BCUT2D eigenvalue weighted by Gasteiger charge is 1.99. The van der Waals surface area contributed by atoms with Crippen LogP contribution in [0.15, 0.2) is 65.3 Å². The lowest BCUT2D eigenvalue weighted by Crippen LogP contribution is -2.09. The molecule has 0 aliphatic carbocycles. The summed E-state index contributed by atoms with van der Waals surface area (Å²) in [6.45, 7) is 1.87. The van der Waals surface area contributed by atoms with E-state index in [1.807, 2.05) is 12.1 Å². The molecule has 96 valence electrons. The lowest BCUT2D eigenvalue weighted by atomic mass is 10.2. The molecule has 0 amide bonds. The summed E-state index contributed by atoms with van der Waals surface area (Å²) in [6, 6.07) is 18.9. The molecule has 0 radical (unpaired) electrons. The second kappa shape index (κ2) is 5.49. The minimum Gasteiger partial charge on any atom is -0.383 e. The van der Waals surface area contributed by atoms with Gasteiger partial charge in [0, 0.05) is 35.0 Å². The molecule has 0 unspecified atom stereocenters. The Hall–Kier alpha value is -1.74. The molecule has 0 bridgehead atoms. The zero-order valence-electron chi connectivity index (χ0n) is 10.5.